The van der Waals surface area contributed by atoms with Gasteiger partial charge in [-0.15, -0.1) is 0 Å². The number of rotatable bonds is 6. The molecule has 0 aliphatic carbocycles. The Balaban J connectivity index is 1.77. The van der Waals surface area contributed by atoms with Crippen LogP contribution in [-0.2, 0) is 0 Å². The van der Waals surface area contributed by atoms with E-state index < -0.39 is 16.1 Å². The molecule has 4 rings (SSSR count). The number of nitrogens with one attached hydrogen (secondary N) is 1. The maximum Gasteiger partial charge on any atom is 0.0294 e. The summed E-state index contributed by atoms with van der Waals surface area (Å²) in [5.74, 6) is 0. The first kappa shape index (κ1) is 18.1. The van der Waals surface area contributed by atoms with E-state index in [1.807, 2.05) is 0 Å². The smallest absolute Gasteiger partial charge is 0.0294 e. The van der Waals surface area contributed by atoms with Crippen LogP contribution < -0.4 is 26.1 Å². The highest BCUT2D eigenvalue weighted by atomic mass is 31.2. The van der Waals surface area contributed by atoms with Crippen molar-refractivity contribution >= 4 is 37.4 Å². The Hall–Kier alpha value is -2.30. The molecule has 3 heteroatoms. The lowest BCUT2D eigenvalue weighted by atomic mass is 10.4. The predicted molar refractivity (Wildman–Crippen MR) is 121 cm³/mol. The van der Waals surface area contributed by atoms with E-state index in [2.05, 4.69) is 126 Å². The molecule has 0 radical (unpaired) electrons. The molecular formula is C24H21NP2. The summed E-state index contributed by atoms with van der Waals surface area (Å²) in [5.41, 5.74) is 0. The third-order valence-electron chi connectivity index (χ3n) is 4.26. The second kappa shape index (κ2) is 9.07. The van der Waals surface area contributed by atoms with Gasteiger partial charge in [-0.3, -0.25) is 4.86 Å². The normalized spacial score (nSPS) is 11.0. The Morgan fingerprint density at radius 2 is 0.556 bits per heavy atom. The van der Waals surface area contributed by atoms with E-state index in [-0.39, 0.29) is 0 Å². The van der Waals surface area contributed by atoms with Gasteiger partial charge in [-0.25, -0.2) is 0 Å². The van der Waals surface area contributed by atoms with Crippen LogP contribution in [0, 0.1) is 0 Å². The Morgan fingerprint density at radius 3 is 0.778 bits per heavy atom. The van der Waals surface area contributed by atoms with Crippen molar-refractivity contribution in [1.82, 2.24) is 4.86 Å². The molecular weight excluding hydrogens is 364 g/mol. The lowest BCUT2D eigenvalue weighted by molar-refractivity contribution is 1.61. The summed E-state index contributed by atoms with van der Waals surface area (Å²) in [6.07, 6.45) is 0. The van der Waals surface area contributed by atoms with Crippen molar-refractivity contribution in [1.29, 1.82) is 0 Å². The first-order valence-electron chi connectivity index (χ1n) is 8.98. The van der Waals surface area contributed by atoms with E-state index >= 15 is 0 Å². The SMILES string of the molecule is c1ccc(P(NP(c2ccccc2)c2ccccc2)c2ccccc2)cc1. The maximum atomic E-state index is 4.05. The Kier molecular flexibility index (Phi) is 6.07. The highest BCUT2D eigenvalue weighted by molar-refractivity contribution is 7.85. The van der Waals surface area contributed by atoms with Gasteiger partial charge in [0.05, 0.1) is 0 Å². The van der Waals surface area contributed by atoms with Crippen LogP contribution in [0.3, 0.4) is 0 Å². The molecule has 0 heterocycles. The average Bonchev–Trinajstić information content (AvgIpc) is 2.77. The molecule has 0 bridgehead atoms. The van der Waals surface area contributed by atoms with Gasteiger partial charge >= 0.3 is 0 Å². The maximum absolute atomic E-state index is 4.05. The summed E-state index contributed by atoms with van der Waals surface area (Å²) in [7, 11) is -1.32. The molecule has 0 aliphatic heterocycles. The van der Waals surface area contributed by atoms with E-state index in [0.717, 1.165) is 0 Å². The number of hydrogen-bond donors (Lipinski definition) is 1. The van der Waals surface area contributed by atoms with Crippen LogP contribution in [-0.4, -0.2) is 0 Å². The second-order valence-corrected chi connectivity index (χ2v) is 10.3. The fourth-order valence-corrected chi connectivity index (χ4v) is 8.06. The molecule has 4 aromatic carbocycles. The first-order valence-corrected chi connectivity index (χ1v) is 11.7. The zero-order valence-electron chi connectivity index (χ0n) is 14.9. The molecule has 0 atom stereocenters. The van der Waals surface area contributed by atoms with Crippen LogP contribution in [0.25, 0.3) is 0 Å². The molecule has 0 aliphatic rings. The van der Waals surface area contributed by atoms with Crippen LogP contribution in [0.5, 0.6) is 0 Å². The summed E-state index contributed by atoms with van der Waals surface area (Å²) in [5, 5.41) is 5.38. The summed E-state index contributed by atoms with van der Waals surface area (Å²) in [6.45, 7) is 0. The van der Waals surface area contributed by atoms with Crippen molar-refractivity contribution in [3.63, 3.8) is 0 Å². The van der Waals surface area contributed by atoms with Gasteiger partial charge < -0.3 is 0 Å². The molecule has 0 fully saturated rings. The highest BCUT2D eigenvalue weighted by Gasteiger charge is 2.21. The van der Waals surface area contributed by atoms with Crippen molar-refractivity contribution in [2.75, 3.05) is 0 Å². The van der Waals surface area contributed by atoms with E-state index in [9.17, 15) is 0 Å². The zero-order chi connectivity index (χ0) is 18.3. The van der Waals surface area contributed by atoms with Crippen molar-refractivity contribution in [3.8, 4) is 0 Å². The minimum Gasteiger partial charge on any atom is -0.259 e. The van der Waals surface area contributed by atoms with Crippen LogP contribution in [0.4, 0.5) is 0 Å². The highest BCUT2D eigenvalue weighted by Crippen LogP contribution is 2.41. The number of benzene rings is 4. The topological polar surface area (TPSA) is 12.0 Å². The van der Waals surface area contributed by atoms with Gasteiger partial charge in [0.2, 0.25) is 0 Å². The molecule has 132 valence electrons. The third-order valence-corrected chi connectivity index (χ3v) is 9.12. The molecule has 0 saturated heterocycles. The molecule has 0 spiro atoms. The van der Waals surface area contributed by atoms with Gasteiger partial charge in [-0.05, 0) is 21.2 Å². The molecule has 4 aromatic rings. The molecule has 0 saturated carbocycles. The predicted octanol–water partition coefficient (Wildman–Crippen LogP) is 4.67. The summed E-state index contributed by atoms with van der Waals surface area (Å²) >= 11 is 0. The average molecular weight is 385 g/mol. The lowest BCUT2D eigenvalue weighted by Crippen LogP contribution is -2.27. The van der Waals surface area contributed by atoms with Crippen LogP contribution >= 0.6 is 16.1 Å². The third kappa shape index (κ3) is 4.52. The second-order valence-electron chi connectivity index (χ2n) is 6.11. The van der Waals surface area contributed by atoms with Gasteiger partial charge in [-0.2, -0.15) is 0 Å². The first-order chi connectivity index (χ1) is 13.4. The van der Waals surface area contributed by atoms with Crippen molar-refractivity contribution in [3.05, 3.63) is 121 Å². The van der Waals surface area contributed by atoms with Crippen LogP contribution in [0.15, 0.2) is 121 Å². The van der Waals surface area contributed by atoms with E-state index in [1.54, 1.807) is 0 Å². The fraction of sp³-hybridized carbons (Fsp3) is 0. The van der Waals surface area contributed by atoms with Gasteiger partial charge in [0.25, 0.3) is 0 Å². The van der Waals surface area contributed by atoms with Crippen LogP contribution in [0.1, 0.15) is 0 Å². The molecule has 1 nitrogen and oxygen atoms in total. The molecule has 1 N–H and O–H groups in total. The summed E-state index contributed by atoms with van der Waals surface area (Å²) in [6, 6.07) is 43.2. The van der Waals surface area contributed by atoms with Gasteiger partial charge in [0.1, 0.15) is 0 Å². The molecule has 0 unspecified atom stereocenters. The Labute approximate surface area is 163 Å². The van der Waals surface area contributed by atoms with Crippen molar-refractivity contribution in [2.24, 2.45) is 0 Å². The molecule has 0 amide bonds. The monoisotopic (exact) mass is 385 g/mol. The molecule has 0 aromatic heterocycles. The van der Waals surface area contributed by atoms with Gasteiger partial charge in [0.15, 0.2) is 0 Å². The summed E-state index contributed by atoms with van der Waals surface area (Å²) < 4.78 is 0. The quantitative estimate of drug-likeness (QED) is 0.476. The van der Waals surface area contributed by atoms with Crippen molar-refractivity contribution < 1.29 is 0 Å². The summed E-state index contributed by atoms with van der Waals surface area (Å²) in [4.78, 5) is 4.05. The zero-order valence-corrected chi connectivity index (χ0v) is 16.7. The fourth-order valence-electron chi connectivity index (χ4n) is 2.94. The van der Waals surface area contributed by atoms with E-state index in [4.69, 9.17) is 0 Å². The van der Waals surface area contributed by atoms with E-state index in [1.165, 1.54) is 21.2 Å². The minimum atomic E-state index is -0.659. The molecule has 27 heavy (non-hydrogen) atoms. The Bertz CT molecular complexity index is 785. The standard InChI is InChI=1S/C24H21NP2/c1-5-13-21(14-6-1)26(22-15-7-2-8-16-22)25-27(23-17-9-3-10-18-23)24-19-11-4-12-20-24/h1-20,25H. The Morgan fingerprint density at radius 1 is 0.333 bits per heavy atom. The van der Waals surface area contributed by atoms with Gasteiger partial charge in [-0.1, -0.05) is 121 Å². The largest absolute Gasteiger partial charge is 0.259 e. The number of hydrogen-bond acceptors (Lipinski definition) is 1. The lowest BCUT2D eigenvalue weighted by Gasteiger charge is -2.27. The minimum absolute atomic E-state index is 0.659. The van der Waals surface area contributed by atoms with Gasteiger partial charge in [0, 0.05) is 16.1 Å². The van der Waals surface area contributed by atoms with Crippen LogP contribution in [0.2, 0.25) is 0 Å². The van der Waals surface area contributed by atoms with Crippen molar-refractivity contribution in [2.45, 2.75) is 0 Å². The van der Waals surface area contributed by atoms with E-state index in [0.29, 0.717) is 0 Å².